The van der Waals surface area contributed by atoms with Crippen molar-refractivity contribution in [3.63, 3.8) is 0 Å². The Morgan fingerprint density at radius 3 is 2.32 bits per heavy atom. The zero-order valence-corrected chi connectivity index (χ0v) is 11.1. The number of benzene rings is 1. The number of hydrogen-bond acceptors (Lipinski definition) is 5. The number of non-ortho nitro benzene ring substituents is 1. The van der Waals surface area contributed by atoms with Crippen molar-refractivity contribution in [1.29, 1.82) is 0 Å². The summed E-state index contributed by atoms with van der Waals surface area (Å²) in [6.07, 6.45) is 1.48. The molecule has 104 valence electrons. The summed E-state index contributed by atoms with van der Waals surface area (Å²) < 4.78 is 29.5. The Morgan fingerprint density at radius 2 is 1.79 bits per heavy atom. The van der Waals surface area contributed by atoms with Crippen LogP contribution in [0.2, 0.25) is 0 Å². The van der Waals surface area contributed by atoms with Crippen molar-refractivity contribution in [2.45, 2.75) is 17.7 Å². The van der Waals surface area contributed by atoms with E-state index in [4.69, 9.17) is 4.74 Å². The van der Waals surface area contributed by atoms with Gasteiger partial charge in [-0.15, -0.1) is 0 Å². The fraction of sp³-hybridized carbons (Fsp3) is 0.500. The Kier molecular flexibility index (Phi) is 4.16. The molecule has 1 heterocycles. The van der Waals surface area contributed by atoms with Crippen molar-refractivity contribution in [3.8, 4) is 0 Å². The van der Waals surface area contributed by atoms with E-state index in [1.807, 2.05) is 0 Å². The molecule has 0 N–H and O–H groups in total. The van der Waals surface area contributed by atoms with Crippen molar-refractivity contribution in [3.05, 3.63) is 34.4 Å². The molecule has 7 heteroatoms. The van der Waals surface area contributed by atoms with Gasteiger partial charge in [0.25, 0.3) is 5.69 Å². The molecule has 0 unspecified atom stereocenters. The largest absolute Gasteiger partial charge is 0.381 e. The standard InChI is InChI=1S/C12H15NO5S/c14-13(15)11-1-3-12(4-2-11)19(16,17)9-10-5-7-18-8-6-10/h1-4,10H,5-9H2. The molecular formula is C12H15NO5S. The maximum absolute atomic E-state index is 12.2. The van der Waals surface area contributed by atoms with Gasteiger partial charge in [-0.3, -0.25) is 10.1 Å². The van der Waals surface area contributed by atoms with E-state index >= 15 is 0 Å². The number of hydrogen-bond donors (Lipinski definition) is 0. The molecule has 1 fully saturated rings. The summed E-state index contributed by atoms with van der Waals surface area (Å²) in [6, 6.07) is 5.04. The van der Waals surface area contributed by atoms with Gasteiger partial charge in [0.2, 0.25) is 0 Å². The number of sulfone groups is 1. The Labute approximate surface area is 111 Å². The molecule has 2 rings (SSSR count). The van der Waals surface area contributed by atoms with Gasteiger partial charge in [-0.2, -0.15) is 0 Å². The van der Waals surface area contributed by atoms with Crippen LogP contribution in [0.25, 0.3) is 0 Å². The highest BCUT2D eigenvalue weighted by Gasteiger charge is 2.23. The minimum absolute atomic E-state index is 0.0776. The predicted molar refractivity (Wildman–Crippen MR) is 68.7 cm³/mol. The third-order valence-electron chi connectivity index (χ3n) is 3.20. The van der Waals surface area contributed by atoms with Crippen molar-refractivity contribution in [2.75, 3.05) is 19.0 Å². The lowest BCUT2D eigenvalue weighted by Crippen LogP contribution is -2.23. The molecule has 0 aromatic heterocycles. The molecule has 0 bridgehead atoms. The average Bonchev–Trinajstić information content (AvgIpc) is 2.39. The molecular weight excluding hydrogens is 270 g/mol. The van der Waals surface area contributed by atoms with E-state index in [1.165, 1.54) is 24.3 Å². The van der Waals surface area contributed by atoms with Gasteiger partial charge in [0.15, 0.2) is 9.84 Å². The predicted octanol–water partition coefficient (Wildman–Crippen LogP) is 1.80. The maximum atomic E-state index is 12.2. The smallest absolute Gasteiger partial charge is 0.269 e. The van der Waals surface area contributed by atoms with Gasteiger partial charge in [0.05, 0.1) is 15.6 Å². The van der Waals surface area contributed by atoms with Gasteiger partial charge in [-0.25, -0.2) is 8.42 Å². The Bertz CT molecular complexity index is 546. The molecule has 0 amide bonds. The molecule has 0 spiro atoms. The van der Waals surface area contributed by atoms with Crippen LogP contribution in [0.5, 0.6) is 0 Å². The second kappa shape index (κ2) is 5.66. The number of ether oxygens (including phenoxy) is 1. The van der Waals surface area contributed by atoms with E-state index in [0.717, 1.165) is 12.8 Å². The minimum Gasteiger partial charge on any atom is -0.381 e. The lowest BCUT2D eigenvalue weighted by Gasteiger charge is -2.21. The molecule has 1 aromatic rings. The number of nitro benzene ring substituents is 1. The lowest BCUT2D eigenvalue weighted by atomic mass is 10.0. The Balaban J connectivity index is 2.12. The van der Waals surface area contributed by atoms with E-state index < -0.39 is 14.8 Å². The van der Waals surface area contributed by atoms with Crippen LogP contribution in [0.15, 0.2) is 29.2 Å². The average molecular weight is 285 g/mol. The van der Waals surface area contributed by atoms with E-state index in [-0.39, 0.29) is 22.3 Å². The highest BCUT2D eigenvalue weighted by Crippen LogP contribution is 2.22. The monoisotopic (exact) mass is 285 g/mol. The zero-order valence-electron chi connectivity index (χ0n) is 10.3. The van der Waals surface area contributed by atoms with Gasteiger partial charge < -0.3 is 4.74 Å². The molecule has 0 atom stereocenters. The molecule has 1 aliphatic rings. The lowest BCUT2D eigenvalue weighted by molar-refractivity contribution is -0.384. The third kappa shape index (κ3) is 3.51. The van der Waals surface area contributed by atoms with Gasteiger partial charge in [0.1, 0.15) is 0 Å². The van der Waals surface area contributed by atoms with Crippen molar-refractivity contribution >= 4 is 15.5 Å². The molecule has 0 aliphatic carbocycles. The zero-order chi connectivity index (χ0) is 13.9. The second-order valence-electron chi connectivity index (χ2n) is 4.59. The van der Waals surface area contributed by atoms with E-state index in [9.17, 15) is 18.5 Å². The molecule has 0 saturated carbocycles. The van der Waals surface area contributed by atoms with Crippen LogP contribution in [0.1, 0.15) is 12.8 Å². The molecule has 1 aromatic carbocycles. The van der Waals surface area contributed by atoms with Crippen molar-refractivity contribution in [1.82, 2.24) is 0 Å². The molecule has 1 aliphatic heterocycles. The van der Waals surface area contributed by atoms with Crippen LogP contribution in [0, 0.1) is 16.0 Å². The van der Waals surface area contributed by atoms with E-state index in [2.05, 4.69) is 0 Å². The summed E-state index contributed by atoms with van der Waals surface area (Å²) in [6.45, 7) is 1.20. The first-order chi connectivity index (χ1) is 8.99. The Hall–Kier alpha value is -1.47. The second-order valence-corrected chi connectivity index (χ2v) is 6.62. The third-order valence-corrected chi connectivity index (χ3v) is 5.10. The number of nitro groups is 1. The van der Waals surface area contributed by atoms with Crippen LogP contribution in [0.3, 0.4) is 0 Å². The normalized spacial score (nSPS) is 17.3. The fourth-order valence-electron chi connectivity index (χ4n) is 2.09. The van der Waals surface area contributed by atoms with Crippen LogP contribution < -0.4 is 0 Å². The minimum atomic E-state index is -3.38. The highest BCUT2D eigenvalue weighted by molar-refractivity contribution is 7.91. The first-order valence-corrected chi connectivity index (χ1v) is 7.69. The first-order valence-electron chi connectivity index (χ1n) is 6.04. The van der Waals surface area contributed by atoms with E-state index in [1.54, 1.807) is 0 Å². The summed E-state index contributed by atoms with van der Waals surface area (Å²) in [7, 11) is -3.38. The molecule has 0 radical (unpaired) electrons. The quantitative estimate of drug-likeness (QED) is 0.622. The van der Waals surface area contributed by atoms with Gasteiger partial charge >= 0.3 is 0 Å². The molecule has 19 heavy (non-hydrogen) atoms. The SMILES string of the molecule is O=[N+]([O-])c1ccc(S(=O)(=O)CC2CCOCC2)cc1. The van der Waals surface area contributed by atoms with E-state index in [0.29, 0.717) is 13.2 Å². The summed E-state index contributed by atoms with van der Waals surface area (Å²) in [5.74, 6) is 0.183. The fourth-order valence-corrected chi connectivity index (χ4v) is 3.79. The molecule has 6 nitrogen and oxygen atoms in total. The number of nitrogens with zero attached hydrogens (tertiary/aromatic N) is 1. The summed E-state index contributed by atoms with van der Waals surface area (Å²) in [5, 5.41) is 10.5. The number of rotatable bonds is 4. The van der Waals surface area contributed by atoms with Crippen molar-refractivity contribution < 1.29 is 18.1 Å². The van der Waals surface area contributed by atoms with Crippen LogP contribution in [-0.2, 0) is 14.6 Å². The first kappa shape index (κ1) is 14.0. The topological polar surface area (TPSA) is 86.5 Å². The van der Waals surface area contributed by atoms with Gasteiger partial charge in [0, 0.05) is 25.3 Å². The molecule has 1 saturated heterocycles. The van der Waals surface area contributed by atoms with Crippen LogP contribution >= 0.6 is 0 Å². The van der Waals surface area contributed by atoms with Gasteiger partial charge in [-0.1, -0.05) is 0 Å². The van der Waals surface area contributed by atoms with Crippen LogP contribution in [-0.4, -0.2) is 32.3 Å². The summed E-state index contributed by atoms with van der Waals surface area (Å²) in [5.41, 5.74) is -0.106. The summed E-state index contributed by atoms with van der Waals surface area (Å²) in [4.78, 5) is 10.1. The van der Waals surface area contributed by atoms with Crippen molar-refractivity contribution in [2.24, 2.45) is 5.92 Å². The van der Waals surface area contributed by atoms with Gasteiger partial charge in [-0.05, 0) is 30.9 Å². The van der Waals surface area contributed by atoms with Crippen LogP contribution in [0.4, 0.5) is 5.69 Å². The summed E-state index contributed by atoms with van der Waals surface area (Å²) >= 11 is 0. The Morgan fingerprint density at radius 1 is 1.21 bits per heavy atom. The maximum Gasteiger partial charge on any atom is 0.269 e. The highest BCUT2D eigenvalue weighted by atomic mass is 32.2.